The smallest absolute Gasteiger partial charge is 0.321 e. The highest BCUT2D eigenvalue weighted by atomic mass is 28.3. The van der Waals surface area contributed by atoms with Crippen LogP contribution in [0.5, 0.6) is 0 Å². The van der Waals surface area contributed by atoms with Crippen LogP contribution in [0.4, 0.5) is 0 Å². The summed E-state index contributed by atoms with van der Waals surface area (Å²) in [6, 6.07) is 1.11. The molecule has 1 heterocycles. The second-order valence-electron chi connectivity index (χ2n) is 6.11. The first kappa shape index (κ1) is 20.1. The largest absolute Gasteiger partial charge is 0.397 e. The van der Waals surface area contributed by atoms with Crippen LogP contribution < -0.4 is 0 Å². The summed E-state index contributed by atoms with van der Waals surface area (Å²) in [6.45, 7) is 8.70. The lowest BCUT2D eigenvalue weighted by Gasteiger charge is -2.17. The topological polar surface area (TPSA) is 40.2 Å². The lowest BCUT2D eigenvalue weighted by molar-refractivity contribution is 0.113. The molecule has 132 valence electrons. The Morgan fingerprint density at radius 2 is 1.45 bits per heavy atom. The molecule has 0 saturated carbocycles. The first-order valence-corrected chi connectivity index (χ1v) is 11.0. The minimum Gasteiger partial charge on any atom is -0.397 e. The lowest BCUT2D eigenvalue weighted by atomic mass is 10.3. The van der Waals surface area contributed by atoms with Crippen LogP contribution in [0, 0.1) is 0 Å². The molecule has 0 amide bonds. The second-order valence-corrected chi connectivity index (χ2v) is 8.21. The van der Waals surface area contributed by atoms with Gasteiger partial charge in [-0.1, -0.05) is 39.5 Å². The van der Waals surface area contributed by atoms with Crippen molar-refractivity contribution in [3.05, 3.63) is 0 Å². The minimum atomic E-state index is -1.46. The molecule has 1 unspecified atom stereocenters. The second kappa shape index (κ2) is 14.6. The lowest BCUT2D eigenvalue weighted by Crippen LogP contribution is -2.24. The fourth-order valence-electron chi connectivity index (χ4n) is 2.24. The predicted molar refractivity (Wildman–Crippen MR) is 92.7 cm³/mol. The van der Waals surface area contributed by atoms with Crippen LogP contribution >= 0.6 is 0 Å². The van der Waals surface area contributed by atoms with Gasteiger partial charge in [0.25, 0.3) is 0 Å². The fraction of sp³-hybridized carbons (Fsp3) is 1.00. The van der Waals surface area contributed by atoms with E-state index in [9.17, 15) is 0 Å². The normalized spacial score (nSPS) is 17.3. The van der Waals surface area contributed by atoms with E-state index in [0.29, 0.717) is 6.10 Å². The molecule has 1 aliphatic rings. The minimum absolute atomic E-state index is 0.380. The Morgan fingerprint density at radius 3 is 2.00 bits per heavy atom. The Kier molecular flexibility index (Phi) is 13.4. The molecule has 1 fully saturated rings. The Hall–Kier alpha value is 0.0569. The molecule has 0 bridgehead atoms. The zero-order valence-electron chi connectivity index (χ0n) is 14.7. The van der Waals surface area contributed by atoms with E-state index < -0.39 is 9.28 Å². The van der Waals surface area contributed by atoms with Crippen molar-refractivity contribution < 1.29 is 18.3 Å². The van der Waals surface area contributed by atoms with Crippen LogP contribution in [0.15, 0.2) is 0 Å². The van der Waals surface area contributed by atoms with Gasteiger partial charge in [-0.25, -0.2) is 0 Å². The molecule has 0 aromatic carbocycles. The number of epoxide rings is 1. The van der Waals surface area contributed by atoms with Gasteiger partial charge in [0.1, 0.15) is 6.10 Å². The molecule has 0 radical (unpaired) electrons. The van der Waals surface area contributed by atoms with Gasteiger partial charge < -0.3 is 18.3 Å². The summed E-state index contributed by atoms with van der Waals surface area (Å²) in [5.41, 5.74) is 0. The standard InChI is InChI=1S/C17H36O4Si/c1-3-5-7-12-20-22(21-13-8-6-4-2)14-10-9-11-18-15-17-16-19-17/h17,22H,3-16H2,1-2H3. The zero-order chi connectivity index (χ0) is 15.9. The summed E-state index contributed by atoms with van der Waals surface area (Å²) in [4.78, 5) is 0. The van der Waals surface area contributed by atoms with Crippen molar-refractivity contribution >= 4 is 9.28 Å². The molecule has 22 heavy (non-hydrogen) atoms. The number of ether oxygens (including phenoxy) is 2. The van der Waals surface area contributed by atoms with E-state index >= 15 is 0 Å². The van der Waals surface area contributed by atoms with Gasteiger partial charge in [-0.15, -0.1) is 0 Å². The van der Waals surface area contributed by atoms with E-state index in [1.165, 1.54) is 38.5 Å². The molecular weight excluding hydrogens is 296 g/mol. The SMILES string of the molecule is CCCCCO[SiH](CCCCOCC1CO1)OCCCCC. The highest BCUT2D eigenvalue weighted by Crippen LogP contribution is 2.10. The van der Waals surface area contributed by atoms with Crippen LogP contribution in [-0.4, -0.2) is 48.4 Å². The van der Waals surface area contributed by atoms with Gasteiger partial charge in [0, 0.05) is 19.8 Å². The van der Waals surface area contributed by atoms with E-state index in [1.807, 2.05) is 0 Å². The highest BCUT2D eigenvalue weighted by molar-refractivity contribution is 6.44. The van der Waals surface area contributed by atoms with Gasteiger partial charge in [0.2, 0.25) is 0 Å². The van der Waals surface area contributed by atoms with Gasteiger partial charge in [0.15, 0.2) is 0 Å². The van der Waals surface area contributed by atoms with Crippen molar-refractivity contribution in [2.45, 2.75) is 77.4 Å². The van der Waals surface area contributed by atoms with E-state index in [0.717, 1.165) is 51.9 Å². The molecule has 1 atom stereocenters. The van der Waals surface area contributed by atoms with Crippen molar-refractivity contribution in [1.82, 2.24) is 0 Å². The van der Waals surface area contributed by atoms with Crippen molar-refractivity contribution in [3.63, 3.8) is 0 Å². The number of hydrogen-bond donors (Lipinski definition) is 0. The maximum atomic E-state index is 6.04. The molecule has 0 spiro atoms. The van der Waals surface area contributed by atoms with Gasteiger partial charge in [0.05, 0.1) is 13.2 Å². The van der Waals surface area contributed by atoms with Gasteiger partial charge >= 0.3 is 9.28 Å². The average molecular weight is 333 g/mol. The molecule has 4 nitrogen and oxygen atoms in total. The third kappa shape index (κ3) is 12.6. The first-order chi connectivity index (χ1) is 10.9. The zero-order valence-corrected chi connectivity index (χ0v) is 15.8. The van der Waals surface area contributed by atoms with Gasteiger partial charge in [-0.2, -0.15) is 0 Å². The third-order valence-electron chi connectivity index (χ3n) is 3.79. The van der Waals surface area contributed by atoms with Crippen molar-refractivity contribution in [2.75, 3.05) is 33.0 Å². The van der Waals surface area contributed by atoms with E-state index in [1.54, 1.807) is 0 Å². The van der Waals surface area contributed by atoms with E-state index in [2.05, 4.69) is 13.8 Å². The van der Waals surface area contributed by atoms with Crippen molar-refractivity contribution in [3.8, 4) is 0 Å². The fourth-order valence-corrected chi connectivity index (χ4v) is 4.15. The molecular formula is C17H36O4Si. The summed E-state index contributed by atoms with van der Waals surface area (Å²) < 4.78 is 22.8. The Morgan fingerprint density at radius 1 is 0.864 bits per heavy atom. The molecule has 5 heteroatoms. The summed E-state index contributed by atoms with van der Waals surface area (Å²) in [6.07, 6.45) is 9.99. The summed E-state index contributed by atoms with van der Waals surface area (Å²) >= 11 is 0. The monoisotopic (exact) mass is 332 g/mol. The quantitative estimate of drug-likeness (QED) is 0.231. The summed E-state index contributed by atoms with van der Waals surface area (Å²) in [5, 5.41) is 0. The predicted octanol–water partition coefficient (Wildman–Crippen LogP) is 3.82. The number of rotatable bonds is 17. The summed E-state index contributed by atoms with van der Waals surface area (Å²) in [5.74, 6) is 0. The van der Waals surface area contributed by atoms with Crippen LogP contribution in [0.2, 0.25) is 6.04 Å². The number of unbranched alkanes of at least 4 members (excludes halogenated alkanes) is 5. The van der Waals surface area contributed by atoms with Gasteiger partial charge in [-0.05, 0) is 31.7 Å². The molecule has 1 saturated heterocycles. The molecule has 1 aliphatic heterocycles. The highest BCUT2D eigenvalue weighted by Gasteiger charge is 2.22. The van der Waals surface area contributed by atoms with E-state index in [4.69, 9.17) is 18.3 Å². The third-order valence-corrected chi connectivity index (χ3v) is 5.88. The van der Waals surface area contributed by atoms with Crippen molar-refractivity contribution in [2.24, 2.45) is 0 Å². The maximum absolute atomic E-state index is 6.04. The molecule has 1 rings (SSSR count). The van der Waals surface area contributed by atoms with Crippen LogP contribution in [0.25, 0.3) is 0 Å². The molecule has 0 aromatic heterocycles. The van der Waals surface area contributed by atoms with E-state index in [-0.39, 0.29) is 0 Å². The van der Waals surface area contributed by atoms with Crippen molar-refractivity contribution in [1.29, 1.82) is 0 Å². The number of hydrogen-bond acceptors (Lipinski definition) is 4. The van der Waals surface area contributed by atoms with Crippen LogP contribution in [-0.2, 0) is 18.3 Å². The summed E-state index contributed by atoms with van der Waals surface area (Å²) in [7, 11) is -1.46. The molecule has 0 aliphatic carbocycles. The Labute approximate surface area is 138 Å². The Balaban J connectivity index is 2.00. The molecule has 0 aromatic rings. The average Bonchev–Trinajstić information content (AvgIpc) is 3.34. The Bertz CT molecular complexity index is 225. The maximum Gasteiger partial charge on any atom is 0.321 e. The first-order valence-electron chi connectivity index (χ1n) is 9.29. The molecule has 0 N–H and O–H groups in total. The van der Waals surface area contributed by atoms with Crippen LogP contribution in [0.1, 0.15) is 65.2 Å². The van der Waals surface area contributed by atoms with Crippen LogP contribution in [0.3, 0.4) is 0 Å². The van der Waals surface area contributed by atoms with Gasteiger partial charge in [-0.3, -0.25) is 0 Å².